The van der Waals surface area contributed by atoms with Crippen LogP contribution in [0.3, 0.4) is 0 Å². The van der Waals surface area contributed by atoms with Gasteiger partial charge in [-0.25, -0.2) is 0 Å². The predicted molar refractivity (Wildman–Crippen MR) is 141 cm³/mol. The van der Waals surface area contributed by atoms with E-state index in [4.69, 9.17) is 17.3 Å². The zero-order valence-corrected chi connectivity index (χ0v) is 22.6. The minimum atomic E-state index is -0.0731. The Morgan fingerprint density at radius 2 is 0.971 bits per heavy atom. The molecule has 10 fully saturated rings. The molecule has 0 atom stereocenters. The fraction of sp³-hybridized carbons (Fsp3) is 0.935. The quantitative estimate of drug-likeness (QED) is 0.407. The van der Waals surface area contributed by atoms with Crippen molar-refractivity contribution in [2.24, 2.45) is 58.0 Å². The van der Waals surface area contributed by atoms with Crippen molar-refractivity contribution in [3.8, 4) is 0 Å². The molecule has 0 radical (unpaired) electrons. The summed E-state index contributed by atoms with van der Waals surface area (Å²) in [6.07, 6.45) is 24.5. The summed E-state index contributed by atoms with van der Waals surface area (Å²) in [7, 11) is 0. The van der Waals surface area contributed by atoms with Crippen LogP contribution in [0.15, 0.2) is 0 Å². The van der Waals surface area contributed by atoms with Gasteiger partial charge in [-0.15, -0.1) is 0 Å². The van der Waals surface area contributed by atoms with E-state index < -0.39 is 0 Å². The summed E-state index contributed by atoms with van der Waals surface area (Å²) < 4.78 is 0. The Hall–Kier alpha value is -0.410. The zero-order chi connectivity index (χ0) is 24.2. The summed E-state index contributed by atoms with van der Waals surface area (Å²) in [6.45, 7) is 0. The normalized spacial score (nSPS) is 46.6. The number of rotatable bonds is 4. The molecule has 196 valence electrons. The summed E-state index contributed by atoms with van der Waals surface area (Å²) in [4.78, 5) is 24.2. The van der Waals surface area contributed by atoms with Crippen molar-refractivity contribution in [3.05, 3.63) is 0 Å². The summed E-state index contributed by atoms with van der Waals surface area (Å²) in [5.74, 6) is 6.71. The van der Waals surface area contributed by atoms with E-state index in [2.05, 4.69) is 0 Å². The van der Waals surface area contributed by atoms with Gasteiger partial charge in [-0.2, -0.15) is 0 Å². The molecule has 0 aromatic rings. The fourth-order valence-electron chi connectivity index (χ4n) is 10.4. The minimum absolute atomic E-state index is 0.0356. The highest BCUT2D eigenvalue weighted by atomic mass is 35.5. The molecular weight excluding hydrogens is 454 g/mol. The average molecular weight is 502 g/mol. The molecule has 0 saturated heterocycles. The van der Waals surface area contributed by atoms with E-state index in [1.54, 1.807) is 0 Å². The lowest BCUT2D eigenvalue weighted by Gasteiger charge is -2.56. The van der Waals surface area contributed by atoms with Crippen LogP contribution in [-0.4, -0.2) is 17.1 Å². The van der Waals surface area contributed by atoms with Gasteiger partial charge in [0.25, 0.3) is 0 Å². The number of ketones is 1. The van der Waals surface area contributed by atoms with Crippen molar-refractivity contribution in [2.45, 2.75) is 128 Å². The molecule has 0 amide bonds. The molecule has 0 spiro atoms. The lowest BCUT2D eigenvalue weighted by Crippen LogP contribution is -2.50. The molecule has 10 saturated carbocycles. The number of carbonyl (C=O) groups is 2. The highest BCUT2D eigenvalue weighted by molar-refractivity contribution is 6.64. The van der Waals surface area contributed by atoms with Gasteiger partial charge >= 0.3 is 0 Å². The number of hydrogen-bond donors (Lipinski definition) is 1. The predicted octanol–water partition coefficient (Wildman–Crippen LogP) is 7.43. The maximum atomic E-state index is 12.7. The Balaban J connectivity index is 0.000000112. The Morgan fingerprint density at radius 1 is 0.629 bits per heavy atom. The van der Waals surface area contributed by atoms with E-state index in [9.17, 15) is 9.59 Å². The molecule has 8 bridgehead atoms. The van der Waals surface area contributed by atoms with Crippen molar-refractivity contribution < 1.29 is 9.59 Å². The summed E-state index contributed by atoms with van der Waals surface area (Å²) in [6, 6.07) is 0.565. The molecule has 35 heavy (non-hydrogen) atoms. The van der Waals surface area contributed by atoms with Crippen LogP contribution in [0.1, 0.15) is 122 Å². The molecule has 0 unspecified atom stereocenters. The van der Waals surface area contributed by atoms with E-state index in [0.717, 1.165) is 67.1 Å². The van der Waals surface area contributed by atoms with Gasteiger partial charge in [-0.05, 0) is 143 Å². The van der Waals surface area contributed by atoms with E-state index in [0.29, 0.717) is 11.8 Å². The molecule has 0 aliphatic heterocycles. The topological polar surface area (TPSA) is 60.2 Å². The first-order chi connectivity index (χ1) is 16.8. The number of carbonyl (C=O) groups excluding carboxylic acids is 2. The van der Waals surface area contributed by atoms with Crippen LogP contribution < -0.4 is 5.73 Å². The maximum absolute atomic E-state index is 12.7. The third kappa shape index (κ3) is 5.04. The average Bonchev–Trinajstić information content (AvgIpc) is 2.74. The van der Waals surface area contributed by atoms with Gasteiger partial charge in [0.2, 0.25) is 5.24 Å². The molecule has 2 N–H and O–H groups in total. The first kappa shape index (κ1) is 24.9. The van der Waals surface area contributed by atoms with Gasteiger partial charge in [-0.1, -0.05) is 25.7 Å². The van der Waals surface area contributed by atoms with Crippen LogP contribution in [-0.2, 0) is 9.59 Å². The fourth-order valence-corrected chi connectivity index (χ4v) is 10.7. The number of Topliss-reactive ketones (excluding diaryl/α,β-unsaturated/α-hetero) is 1. The van der Waals surface area contributed by atoms with Gasteiger partial charge in [0, 0.05) is 23.3 Å². The van der Waals surface area contributed by atoms with Crippen LogP contribution in [0.4, 0.5) is 0 Å². The van der Waals surface area contributed by atoms with E-state index in [1.165, 1.54) is 96.3 Å². The van der Waals surface area contributed by atoms with Gasteiger partial charge in [0.05, 0.1) is 0 Å². The highest BCUT2D eigenvalue weighted by Crippen LogP contribution is 2.62. The largest absolute Gasteiger partial charge is 0.328 e. The third-order valence-electron chi connectivity index (χ3n) is 11.9. The van der Waals surface area contributed by atoms with Gasteiger partial charge in [0.15, 0.2) is 0 Å². The van der Waals surface area contributed by atoms with Crippen LogP contribution >= 0.6 is 11.6 Å². The van der Waals surface area contributed by atoms with Crippen molar-refractivity contribution in [1.82, 2.24) is 0 Å². The van der Waals surface area contributed by atoms with Crippen molar-refractivity contribution in [2.75, 3.05) is 0 Å². The SMILES string of the molecule is NC1CCC1.O=C(CC1CCC1)C12CC3CC(CC(C3)C1)C2.O=C(Cl)C12CC3CC(CC(C3)C1)C2. The van der Waals surface area contributed by atoms with Crippen LogP contribution in [0.25, 0.3) is 0 Å². The summed E-state index contributed by atoms with van der Waals surface area (Å²) in [5, 5.41) is -0.0356. The lowest BCUT2D eigenvalue weighted by atomic mass is 9.48. The van der Waals surface area contributed by atoms with Gasteiger partial charge in [0.1, 0.15) is 5.78 Å². The van der Waals surface area contributed by atoms with Crippen LogP contribution in [0.5, 0.6) is 0 Å². The molecular formula is C31H48ClNO2. The standard InChI is InChI=1S/C16H24O.C11H15ClO.C4H9N/c17-15(7-11-2-1-3-11)16-8-12-4-13(9-16)6-14(5-12)10-16;12-10(13)11-4-7-1-8(5-11)3-9(2-7)6-11;5-4-2-1-3-4/h11-14H,1-10H2;7-9H,1-6H2;4H,1-3,5H2. The second-order valence-electron chi connectivity index (χ2n) is 14.8. The lowest BCUT2D eigenvalue weighted by molar-refractivity contribution is -0.145. The smallest absolute Gasteiger partial charge is 0.227 e. The molecule has 10 rings (SSSR count). The molecule has 0 heterocycles. The number of hydrogen-bond acceptors (Lipinski definition) is 3. The van der Waals surface area contributed by atoms with Gasteiger partial charge in [-0.3, -0.25) is 9.59 Å². The van der Waals surface area contributed by atoms with E-state index in [-0.39, 0.29) is 16.1 Å². The highest BCUT2D eigenvalue weighted by Gasteiger charge is 2.55. The van der Waals surface area contributed by atoms with E-state index in [1.807, 2.05) is 0 Å². The van der Waals surface area contributed by atoms with Crippen LogP contribution in [0.2, 0.25) is 0 Å². The number of nitrogens with two attached hydrogens (primary N) is 1. The Morgan fingerprint density at radius 3 is 1.23 bits per heavy atom. The maximum Gasteiger partial charge on any atom is 0.227 e. The second-order valence-corrected chi connectivity index (χ2v) is 15.1. The minimum Gasteiger partial charge on any atom is -0.328 e. The Labute approximate surface area is 218 Å². The van der Waals surface area contributed by atoms with Crippen molar-refractivity contribution >= 4 is 22.6 Å². The molecule has 10 aliphatic rings. The molecule has 3 nitrogen and oxygen atoms in total. The Kier molecular flexibility index (Phi) is 6.91. The first-order valence-corrected chi connectivity index (χ1v) is 15.7. The monoisotopic (exact) mass is 501 g/mol. The molecule has 4 heteroatoms. The molecule has 0 aromatic heterocycles. The van der Waals surface area contributed by atoms with Crippen LogP contribution in [0, 0.1) is 52.3 Å². The number of halogens is 1. The van der Waals surface area contributed by atoms with Crippen molar-refractivity contribution in [3.63, 3.8) is 0 Å². The van der Waals surface area contributed by atoms with Gasteiger partial charge < -0.3 is 5.73 Å². The summed E-state index contributed by atoms with van der Waals surface area (Å²) in [5.41, 5.74) is 5.49. The third-order valence-corrected chi connectivity index (χ3v) is 12.3. The summed E-state index contributed by atoms with van der Waals surface area (Å²) >= 11 is 5.76. The van der Waals surface area contributed by atoms with E-state index >= 15 is 0 Å². The molecule has 10 aliphatic carbocycles. The van der Waals surface area contributed by atoms with Crippen molar-refractivity contribution in [1.29, 1.82) is 0 Å². The Bertz CT molecular complexity index is 742. The second kappa shape index (κ2) is 9.72. The molecule has 0 aromatic carbocycles. The first-order valence-electron chi connectivity index (χ1n) is 15.3. The zero-order valence-electron chi connectivity index (χ0n) is 21.8.